The van der Waals surface area contributed by atoms with Gasteiger partial charge in [-0.25, -0.2) is 0 Å². The molecule has 2 aromatic heterocycles. The number of ether oxygens (including phenoxy) is 1. The molecule has 1 saturated heterocycles. The summed E-state index contributed by atoms with van der Waals surface area (Å²) in [5.74, 6) is 0.769. The zero-order valence-electron chi connectivity index (χ0n) is 16.4. The molecule has 2 aliphatic heterocycles. The normalized spacial score (nSPS) is 20.2. The van der Waals surface area contributed by atoms with Crippen molar-refractivity contribution in [3.05, 3.63) is 63.3 Å². The summed E-state index contributed by atoms with van der Waals surface area (Å²) in [7, 11) is 1.60. The fourth-order valence-electron chi connectivity index (χ4n) is 4.77. The van der Waals surface area contributed by atoms with Crippen molar-refractivity contribution in [1.29, 1.82) is 0 Å². The number of amides is 1. The zero-order valence-corrected chi connectivity index (χ0v) is 16.4. The molecule has 1 aromatic carbocycles. The Morgan fingerprint density at radius 1 is 1.23 bits per heavy atom. The van der Waals surface area contributed by atoms with Gasteiger partial charge in [-0.3, -0.25) is 14.8 Å². The Balaban J connectivity index is 1.43. The number of nitrogens with zero attached hydrogens (tertiary/aromatic N) is 3. The van der Waals surface area contributed by atoms with Crippen LogP contribution in [0.5, 0.6) is 5.75 Å². The Bertz CT molecular complexity index is 1200. The molecule has 2 bridgehead atoms. The monoisotopic (exact) mass is 409 g/mol. The SMILES string of the molecule is COc1ccc2[nH]c(C(=O)N3CC4CC(C3)c3ccc(N([O-])O)c(=O)n3C4)cc2c1. The number of fused-ring (bicyclic) bond motifs is 5. The minimum absolute atomic E-state index is 0.00599. The number of rotatable bonds is 3. The van der Waals surface area contributed by atoms with Gasteiger partial charge in [-0.15, -0.1) is 0 Å². The third-order valence-corrected chi connectivity index (χ3v) is 6.14. The van der Waals surface area contributed by atoms with Crippen molar-refractivity contribution in [3.8, 4) is 5.75 Å². The summed E-state index contributed by atoms with van der Waals surface area (Å²) >= 11 is 0. The molecular weight excluding hydrogens is 388 g/mol. The van der Waals surface area contributed by atoms with Gasteiger partial charge in [0.25, 0.3) is 11.5 Å². The van der Waals surface area contributed by atoms with Gasteiger partial charge >= 0.3 is 0 Å². The number of aromatic nitrogens is 2. The highest BCUT2D eigenvalue weighted by atomic mass is 16.8. The predicted octanol–water partition coefficient (Wildman–Crippen LogP) is 2.29. The summed E-state index contributed by atoms with van der Waals surface area (Å²) in [4.78, 5) is 30.7. The molecule has 2 atom stereocenters. The van der Waals surface area contributed by atoms with E-state index in [1.807, 2.05) is 29.2 Å². The lowest BCUT2D eigenvalue weighted by atomic mass is 9.83. The van der Waals surface area contributed by atoms with E-state index in [1.54, 1.807) is 17.7 Å². The van der Waals surface area contributed by atoms with E-state index in [-0.39, 0.29) is 28.7 Å². The number of piperidine rings is 1. The van der Waals surface area contributed by atoms with Crippen LogP contribution < -0.4 is 15.5 Å². The third kappa shape index (κ3) is 2.94. The molecule has 5 rings (SSSR count). The van der Waals surface area contributed by atoms with Gasteiger partial charge in [0.2, 0.25) is 0 Å². The second kappa shape index (κ2) is 6.89. The first-order valence-electron chi connectivity index (χ1n) is 9.80. The van der Waals surface area contributed by atoms with Crippen LogP contribution in [-0.4, -0.2) is 45.8 Å². The van der Waals surface area contributed by atoms with Crippen LogP contribution in [0.3, 0.4) is 0 Å². The van der Waals surface area contributed by atoms with Gasteiger partial charge in [-0.1, -0.05) is 0 Å². The molecule has 1 fully saturated rings. The summed E-state index contributed by atoms with van der Waals surface area (Å²) in [5.41, 5.74) is 1.39. The quantitative estimate of drug-likeness (QED) is 0.642. The van der Waals surface area contributed by atoms with Crippen LogP contribution in [0.1, 0.15) is 28.5 Å². The molecule has 4 heterocycles. The Hall–Kier alpha value is -3.30. The van der Waals surface area contributed by atoms with Crippen molar-refractivity contribution in [1.82, 2.24) is 14.5 Å². The predicted molar refractivity (Wildman–Crippen MR) is 110 cm³/mol. The lowest BCUT2D eigenvalue weighted by molar-refractivity contribution is 0.0589. The molecule has 0 radical (unpaired) electrons. The average molecular weight is 409 g/mol. The Morgan fingerprint density at radius 3 is 2.83 bits per heavy atom. The summed E-state index contributed by atoms with van der Waals surface area (Å²) < 4.78 is 6.81. The van der Waals surface area contributed by atoms with Crippen LogP contribution in [-0.2, 0) is 6.54 Å². The molecular formula is C21H21N4O5-. The summed E-state index contributed by atoms with van der Waals surface area (Å²) in [6.45, 7) is 1.44. The number of hydrogen-bond donors (Lipinski definition) is 2. The van der Waals surface area contributed by atoms with Gasteiger partial charge < -0.3 is 29.6 Å². The molecule has 9 nitrogen and oxygen atoms in total. The van der Waals surface area contributed by atoms with Crippen LogP contribution >= 0.6 is 0 Å². The second-order valence-corrected chi connectivity index (χ2v) is 7.98. The Labute approximate surface area is 171 Å². The number of methoxy groups -OCH3 is 1. The molecule has 1 amide bonds. The van der Waals surface area contributed by atoms with Crippen molar-refractivity contribution in [2.24, 2.45) is 5.92 Å². The molecule has 0 aliphatic carbocycles. The first-order valence-corrected chi connectivity index (χ1v) is 9.80. The molecule has 156 valence electrons. The smallest absolute Gasteiger partial charge is 0.275 e. The number of H-pyrrole nitrogens is 1. The highest BCUT2D eigenvalue weighted by Gasteiger charge is 2.37. The molecule has 2 N–H and O–H groups in total. The van der Waals surface area contributed by atoms with E-state index in [1.165, 1.54) is 6.07 Å². The minimum atomic E-state index is -0.496. The average Bonchev–Trinajstić information content (AvgIpc) is 3.16. The molecule has 3 aromatic rings. The van der Waals surface area contributed by atoms with E-state index in [0.29, 0.717) is 25.3 Å². The number of nitrogens with one attached hydrogen (secondary N) is 1. The first-order chi connectivity index (χ1) is 14.4. The van der Waals surface area contributed by atoms with Gasteiger partial charge in [0.05, 0.1) is 7.11 Å². The molecule has 0 saturated carbocycles. The number of benzene rings is 1. The van der Waals surface area contributed by atoms with Gasteiger partial charge in [-0.05, 0) is 48.7 Å². The highest BCUT2D eigenvalue weighted by Crippen LogP contribution is 2.36. The van der Waals surface area contributed by atoms with Gasteiger partial charge in [0, 0.05) is 42.1 Å². The minimum Gasteiger partial charge on any atom is -0.733 e. The van der Waals surface area contributed by atoms with Crippen LogP contribution in [0.4, 0.5) is 5.69 Å². The van der Waals surface area contributed by atoms with E-state index in [9.17, 15) is 14.8 Å². The highest BCUT2D eigenvalue weighted by molar-refractivity contribution is 5.98. The maximum absolute atomic E-state index is 13.2. The zero-order chi connectivity index (χ0) is 21.0. The van der Waals surface area contributed by atoms with Crippen molar-refractivity contribution in [2.75, 3.05) is 25.4 Å². The number of hydrogen-bond acceptors (Lipinski definition) is 6. The van der Waals surface area contributed by atoms with E-state index < -0.39 is 5.56 Å². The van der Waals surface area contributed by atoms with Gasteiger partial charge in [-0.2, -0.15) is 0 Å². The van der Waals surface area contributed by atoms with Crippen molar-refractivity contribution in [2.45, 2.75) is 18.9 Å². The van der Waals surface area contributed by atoms with E-state index in [0.717, 1.165) is 28.8 Å². The van der Waals surface area contributed by atoms with Crippen molar-refractivity contribution >= 4 is 22.5 Å². The number of carbonyl (C=O) groups excluding carboxylic acids is 1. The van der Waals surface area contributed by atoms with Crippen LogP contribution in [0.2, 0.25) is 0 Å². The maximum Gasteiger partial charge on any atom is 0.275 e. The fraction of sp³-hybridized carbons (Fsp3) is 0.333. The van der Waals surface area contributed by atoms with Crippen molar-refractivity contribution < 1.29 is 14.7 Å². The standard InChI is InChI=1S/C21H21N4O5/c1-30-15-2-3-16-13(7-15)8-17(22-16)20(26)23-9-12-6-14(11-23)18-4-5-19(25(28)29)21(27)24(18)10-12/h2-5,7-8,12,14,22,28H,6,9-11H2,1H3/q-1. The van der Waals surface area contributed by atoms with E-state index in [4.69, 9.17) is 9.94 Å². The summed E-state index contributed by atoms with van der Waals surface area (Å²) in [5, 5.41) is 20.9. The largest absolute Gasteiger partial charge is 0.733 e. The molecule has 9 heteroatoms. The number of carbonyl (C=O) groups is 1. The van der Waals surface area contributed by atoms with Crippen molar-refractivity contribution in [3.63, 3.8) is 0 Å². The Morgan fingerprint density at radius 2 is 2.07 bits per heavy atom. The maximum atomic E-state index is 13.2. The molecule has 30 heavy (non-hydrogen) atoms. The third-order valence-electron chi connectivity index (χ3n) is 6.14. The number of pyridine rings is 1. The lowest BCUT2D eigenvalue weighted by Crippen LogP contribution is -2.49. The van der Waals surface area contributed by atoms with Gasteiger partial charge in [0.15, 0.2) is 0 Å². The summed E-state index contributed by atoms with van der Waals surface area (Å²) in [6, 6.07) is 10.5. The molecule has 2 unspecified atom stereocenters. The summed E-state index contributed by atoms with van der Waals surface area (Å²) in [6.07, 6.45) is 0.882. The number of aromatic amines is 1. The molecule has 0 spiro atoms. The topological polar surface area (TPSA) is 114 Å². The number of likely N-dealkylation sites (tertiary alicyclic amines) is 1. The fourth-order valence-corrected chi connectivity index (χ4v) is 4.77. The van der Waals surface area contributed by atoms with Gasteiger partial charge in [0.1, 0.15) is 17.1 Å². The van der Waals surface area contributed by atoms with Crippen LogP contribution in [0.15, 0.2) is 41.2 Å². The molecule has 2 aliphatic rings. The first kappa shape index (κ1) is 18.7. The van der Waals surface area contributed by atoms with E-state index in [2.05, 4.69) is 4.98 Å². The Kier molecular flexibility index (Phi) is 4.30. The number of anilines is 1. The van der Waals surface area contributed by atoms with E-state index >= 15 is 0 Å². The second-order valence-electron chi connectivity index (χ2n) is 7.98. The van der Waals surface area contributed by atoms with Crippen LogP contribution in [0.25, 0.3) is 10.9 Å². The lowest BCUT2D eigenvalue weighted by Gasteiger charge is -2.43. The van der Waals surface area contributed by atoms with Crippen LogP contribution in [0, 0.1) is 11.1 Å².